The first-order chi connectivity index (χ1) is 6.66. The molecule has 1 aromatic carbocycles. The number of hydrogen-bond donors (Lipinski definition) is 1. The van der Waals surface area contributed by atoms with E-state index in [-0.39, 0.29) is 0 Å². The van der Waals surface area contributed by atoms with Crippen LogP contribution in [0, 0.1) is 0 Å². The minimum Gasteiger partial charge on any atom is -0.293 e. The number of anilines is 1. The number of hydrazine groups is 1. The van der Waals surface area contributed by atoms with E-state index in [0.717, 1.165) is 5.69 Å². The molecule has 0 aliphatic carbocycles. The maximum absolute atomic E-state index is 10.9. The zero-order valence-corrected chi connectivity index (χ0v) is 9.07. The summed E-state index contributed by atoms with van der Waals surface area (Å²) < 4.78 is 21.1. The first-order valence-electron chi connectivity index (χ1n) is 4.34. The first kappa shape index (κ1) is 11.2. The zero-order chi connectivity index (χ0) is 10.6. The van der Waals surface area contributed by atoms with Crippen molar-refractivity contribution in [3.05, 3.63) is 30.3 Å². The fourth-order valence-electron chi connectivity index (χ4n) is 1.23. The second-order valence-corrected chi connectivity index (χ2v) is 3.74. The average Bonchev–Trinajstić information content (AvgIpc) is 2.20. The van der Waals surface area contributed by atoms with Crippen LogP contribution in [-0.2, 0) is 11.3 Å². The Labute approximate surface area is 86.5 Å². The number of hydrogen-bond acceptors (Lipinski definition) is 2. The minimum absolute atomic E-state index is 0.646. The van der Waals surface area contributed by atoms with Crippen molar-refractivity contribution in [2.75, 3.05) is 18.6 Å². The van der Waals surface area contributed by atoms with Crippen molar-refractivity contribution in [1.82, 2.24) is 4.41 Å². The van der Waals surface area contributed by atoms with E-state index >= 15 is 0 Å². The van der Waals surface area contributed by atoms with E-state index in [4.69, 9.17) is 4.55 Å². The molecule has 78 valence electrons. The standard InChI is InChI=1S/C9H14N2O2S/c1-3-11(10(2)14(12)13)9-7-5-4-6-8-9/h4-8H,3H2,1-2H3,(H,12,13). The molecule has 1 rings (SSSR count). The van der Waals surface area contributed by atoms with Crippen LogP contribution in [0.1, 0.15) is 6.92 Å². The Balaban J connectivity index is 2.87. The van der Waals surface area contributed by atoms with Crippen LogP contribution in [0.15, 0.2) is 30.3 Å². The highest BCUT2D eigenvalue weighted by Gasteiger charge is 2.13. The van der Waals surface area contributed by atoms with Gasteiger partial charge >= 0.3 is 0 Å². The molecule has 0 fully saturated rings. The van der Waals surface area contributed by atoms with Crippen molar-refractivity contribution >= 4 is 17.0 Å². The Kier molecular flexibility index (Phi) is 4.06. The van der Waals surface area contributed by atoms with E-state index in [1.807, 2.05) is 37.3 Å². The van der Waals surface area contributed by atoms with Gasteiger partial charge in [-0.2, -0.15) is 0 Å². The summed E-state index contributed by atoms with van der Waals surface area (Å²) in [6.45, 7) is 2.57. The summed E-state index contributed by atoms with van der Waals surface area (Å²) in [5.74, 6) is 0. The first-order valence-corrected chi connectivity index (χ1v) is 5.40. The zero-order valence-electron chi connectivity index (χ0n) is 8.25. The lowest BCUT2D eigenvalue weighted by Crippen LogP contribution is -2.40. The van der Waals surface area contributed by atoms with Crippen LogP contribution in [0.3, 0.4) is 0 Å². The van der Waals surface area contributed by atoms with Gasteiger partial charge in [-0.25, -0.2) is 4.21 Å². The predicted molar refractivity (Wildman–Crippen MR) is 58.0 cm³/mol. The Morgan fingerprint density at radius 2 is 1.93 bits per heavy atom. The van der Waals surface area contributed by atoms with Crippen LogP contribution in [-0.4, -0.2) is 26.8 Å². The summed E-state index contributed by atoms with van der Waals surface area (Å²) in [5.41, 5.74) is 0.903. The quantitative estimate of drug-likeness (QED) is 0.610. The number of nitrogens with zero attached hydrogens (tertiary/aromatic N) is 2. The van der Waals surface area contributed by atoms with Crippen molar-refractivity contribution in [2.24, 2.45) is 0 Å². The van der Waals surface area contributed by atoms with Crippen LogP contribution in [0.4, 0.5) is 5.69 Å². The highest BCUT2D eigenvalue weighted by atomic mass is 32.2. The van der Waals surface area contributed by atoms with Gasteiger partial charge in [0.1, 0.15) is 0 Å². The molecule has 5 heteroatoms. The van der Waals surface area contributed by atoms with E-state index in [9.17, 15) is 4.21 Å². The van der Waals surface area contributed by atoms with Crippen LogP contribution in [0.5, 0.6) is 0 Å². The van der Waals surface area contributed by atoms with Crippen LogP contribution in [0.25, 0.3) is 0 Å². The normalized spacial score (nSPS) is 12.9. The molecule has 0 radical (unpaired) electrons. The van der Waals surface area contributed by atoms with Crippen molar-refractivity contribution in [3.63, 3.8) is 0 Å². The summed E-state index contributed by atoms with van der Waals surface area (Å²) in [7, 11) is 1.58. The lowest BCUT2D eigenvalue weighted by atomic mass is 10.3. The van der Waals surface area contributed by atoms with Crippen molar-refractivity contribution in [1.29, 1.82) is 0 Å². The molecule has 0 bridgehead atoms. The highest BCUT2D eigenvalue weighted by Crippen LogP contribution is 2.14. The monoisotopic (exact) mass is 214 g/mol. The number of rotatable bonds is 4. The van der Waals surface area contributed by atoms with Crippen LogP contribution in [0.2, 0.25) is 0 Å². The van der Waals surface area contributed by atoms with E-state index in [2.05, 4.69) is 0 Å². The molecule has 0 spiro atoms. The van der Waals surface area contributed by atoms with E-state index in [1.54, 1.807) is 12.1 Å². The largest absolute Gasteiger partial charge is 0.293 e. The molecule has 0 aliphatic rings. The van der Waals surface area contributed by atoms with Gasteiger partial charge in [-0.3, -0.25) is 9.56 Å². The predicted octanol–water partition coefficient (Wildman–Crippen LogP) is 1.50. The Morgan fingerprint density at radius 3 is 2.36 bits per heavy atom. The maximum Gasteiger partial charge on any atom is 0.253 e. The van der Waals surface area contributed by atoms with E-state index in [1.165, 1.54) is 4.41 Å². The van der Waals surface area contributed by atoms with E-state index in [0.29, 0.717) is 6.54 Å². The molecule has 0 saturated heterocycles. The lowest BCUT2D eigenvalue weighted by Gasteiger charge is -2.29. The third kappa shape index (κ3) is 2.54. The molecule has 0 heterocycles. The summed E-state index contributed by atoms with van der Waals surface area (Å²) in [4.78, 5) is 0. The van der Waals surface area contributed by atoms with Gasteiger partial charge in [0, 0.05) is 13.6 Å². The highest BCUT2D eigenvalue weighted by molar-refractivity contribution is 7.76. The minimum atomic E-state index is -1.98. The van der Waals surface area contributed by atoms with Gasteiger partial charge in [-0.15, -0.1) is 4.41 Å². The number of para-hydroxylation sites is 1. The van der Waals surface area contributed by atoms with Gasteiger partial charge < -0.3 is 0 Å². The molecular weight excluding hydrogens is 200 g/mol. The molecule has 0 aromatic heterocycles. The third-order valence-electron chi connectivity index (χ3n) is 1.92. The van der Waals surface area contributed by atoms with Gasteiger partial charge in [-0.1, -0.05) is 18.2 Å². The fourth-order valence-corrected chi connectivity index (χ4v) is 1.61. The van der Waals surface area contributed by atoms with Crippen LogP contribution >= 0.6 is 0 Å². The second-order valence-electron chi connectivity index (χ2n) is 2.75. The Morgan fingerprint density at radius 1 is 1.36 bits per heavy atom. The Bertz CT molecular complexity index is 305. The molecule has 0 aliphatic heterocycles. The molecule has 1 aromatic rings. The fraction of sp³-hybridized carbons (Fsp3) is 0.333. The molecule has 0 amide bonds. The summed E-state index contributed by atoms with van der Waals surface area (Å²) >= 11 is -1.98. The van der Waals surface area contributed by atoms with Gasteiger partial charge in [-0.05, 0) is 19.1 Å². The molecule has 0 saturated carbocycles. The molecule has 1 unspecified atom stereocenters. The number of benzene rings is 1. The topological polar surface area (TPSA) is 43.8 Å². The SMILES string of the molecule is CCN(c1ccccc1)N(C)S(=O)O. The molecule has 4 nitrogen and oxygen atoms in total. The molecule has 1 atom stereocenters. The summed E-state index contributed by atoms with van der Waals surface area (Å²) in [6, 6.07) is 9.49. The maximum atomic E-state index is 10.9. The average molecular weight is 214 g/mol. The second kappa shape index (κ2) is 5.09. The van der Waals surface area contributed by atoms with Gasteiger partial charge in [0.15, 0.2) is 0 Å². The summed E-state index contributed by atoms with van der Waals surface area (Å²) in [6.07, 6.45) is 0. The smallest absolute Gasteiger partial charge is 0.253 e. The molecular formula is C9H14N2O2S. The van der Waals surface area contributed by atoms with Gasteiger partial charge in [0.2, 0.25) is 0 Å². The third-order valence-corrected chi connectivity index (χ3v) is 2.57. The van der Waals surface area contributed by atoms with E-state index < -0.39 is 11.3 Å². The van der Waals surface area contributed by atoms with Gasteiger partial charge in [0.25, 0.3) is 11.3 Å². The molecule has 14 heavy (non-hydrogen) atoms. The summed E-state index contributed by atoms with van der Waals surface area (Å²) in [5, 5.41) is 1.73. The van der Waals surface area contributed by atoms with Crippen molar-refractivity contribution in [3.8, 4) is 0 Å². The van der Waals surface area contributed by atoms with Crippen molar-refractivity contribution < 1.29 is 8.76 Å². The Hall–Kier alpha value is -0.910. The van der Waals surface area contributed by atoms with Crippen molar-refractivity contribution in [2.45, 2.75) is 6.92 Å². The van der Waals surface area contributed by atoms with Crippen LogP contribution < -0.4 is 5.01 Å². The molecule has 1 N–H and O–H groups in total. The van der Waals surface area contributed by atoms with Gasteiger partial charge in [0.05, 0.1) is 5.69 Å². The lowest BCUT2D eigenvalue weighted by molar-refractivity contribution is 0.426.